The van der Waals surface area contributed by atoms with Crippen molar-refractivity contribution in [3.05, 3.63) is 29.5 Å². The largest absolute Gasteiger partial charge is 0.374 e. The van der Waals surface area contributed by atoms with Gasteiger partial charge in [-0.1, -0.05) is 0 Å². The average Bonchev–Trinajstić information content (AvgIpc) is 2.98. The van der Waals surface area contributed by atoms with Crippen LogP contribution in [0.5, 0.6) is 0 Å². The number of Topliss-reactive ketones (excluding diaryl/α,β-unsaturated/α-hetero) is 1. The van der Waals surface area contributed by atoms with Gasteiger partial charge in [0.25, 0.3) is 0 Å². The van der Waals surface area contributed by atoms with Crippen LogP contribution >= 0.6 is 0 Å². The van der Waals surface area contributed by atoms with Crippen molar-refractivity contribution in [2.45, 2.75) is 44.8 Å². The summed E-state index contributed by atoms with van der Waals surface area (Å²) in [5.74, 6) is 0.127. The molecule has 0 amide bonds. The highest BCUT2D eigenvalue weighted by atomic mass is 16.5. The summed E-state index contributed by atoms with van der Waals surface area (Å²) in [5, 5.41) is 5.66. The maximum absolute atomic E-state index is 12.2. The lowest BCUT2D eigenvalue weighted by Gasteiger charge is -2.25. The molecule has 2 aliphatic rings. The third kappa shape index (κ3) is 2.68. The van der Waals surface area contributed by atoms with Gasteiger partial charge in [0.1, 0.15) is 6.61 Å². The Morgan fingerprint density at radius 3 is 2.91 bits per heavy atom. The summed E-state index contributed by atoms with van der Waals surface area (Å²) in [4.78, 5) is 12.2. The summed E-state index contributed by atoms with van der Waals surface area (Å²) in [7, 11) is 0. The minimum absolute atomic E-state index is 0.0159. The van der Waals surface area contributed by atoms with Gasteiger partial charge in [-0.2, -0.15) is 5.10 Å². The van der Waals surface area contributed by atoms with E-state index in [9.17, 15) is 4.79 Å². The Morgan fingerprint density at radius 1 is 1.22 bits per heavy atom. The highest BCUT2D eigenvalue weighted by Crippen LogP contribution is 2.32. The maximum atomic E-state index is 12.2. The second-order valence-electron chi connectivity index (χ2n) is 6.54. The molecule has 2 aliphatic heterocycles. The summed E-state index contributed by atoms with van der Waals surface area (Å²) >= 11 is 0. The highest BCUT2D eigenvalue weighted by Gasteiger charge is 2.27. The third-order valence-electron chi connectivity index (χ3n) is 4.97. The van der Waals surface area contributed by atoms with Crippen LogP contribution in [-0.4, -0.2) is 35.4 Å². The lowest BCUT2D eigenvalue weighted by Crippen LogP contribution is -2.26. The molecule has 0 saturated carbocycles. The molecule has 0 spiro atoms. The molecular formula is C18H22N2O3. The first-order valence-corrected chi connectivity index (χ1v) is 8.44. The summed E-state index contributed by atoms with van der Waals surface area (Å²) in [6, 6.07) is 4.28. The Balaban J connectivity index is 1.76. The molecule has 0 bridgehead atoms. The van der Waals surface area contributed by atoms with Gasteiger partial charge in [-0.3, -0.25) is 4.79 Å². The van der Waals surface area contributed by atoms with E-state index in [-0.39, 0.29) is 24.5 Å². The number of hydrogen-bond acceptors (Lipinski definition) is 4. The fraction of sp³-hybridized carbons (Fsp3) is 0.556. The first kappa shape index (κ1) is 14.8. The van der Waals surface area contributed by atoms with Crippen LogP contribution in [0.1, 0.15) is 49.0 Å². The molecule has 122 valence electrons. The van der Waals surface area contributed by atoms with Crippen LogP contribution in [0.2, 0.25) is 0 Å². The highest BCUT2D eigenvalue weighted by molar-refractivity contribution is 5.90. The topological polar surface area (TPSA) is 53.4 Å². The standard InChI is InChI=1S/C18H22N2O3/c1-12-8-13-10-19-20(18-4-2-3-6-23-18)16(13)9-15(12)14-5-7-22-11-17(14)21/h8-10,14,18H,2-7,11H2,1H3. The van der Waals surface area contributed by atoms with E-state index < -0.39 is 0 Å². The SMILES string of the molecule is Cc1cc2cnn(C3CCCCO3)c2cc1C1CCOCC1=O. The molecule has 2 aromatic rings. The first-order valence-electron chi connectivity index (χ1n) is 8.44. The number of aryl methyl sites for hydroxylation is 1. The lowest BCUT2D eigenvalue weighted by molar-refractivity contribution is -0.129. The third-order valence-corrected chi connectivity index (χ3v) is 4.97. The number of benzene rings is 1. The summed E-state index contributed by atoms with van der Waals surface area (Å²) in [6.07, 6.45) is 5.97. The van der Waals surface area contributed by atoms with Crippen LogP contribution in [0.25, 0.3) is 10.9 Å². The zero-order valence-electron chi connectivity index (χ0n) is 13.5. The Hall–Kier alpha value is -1.72. The van der Waals surface area contributed by atoms with E-state index in [4.69, 9.17) is 9.47 Å². The van der Waals surface area contributed by atoms with Crippen LogP contribution in [0, 0.1) is 6.92 Å². The summed E-state index contributed by atoms with van der Waals surface area (Å²) in [6.45, 7) is 3.75. The van der Waals surface area contributed by atoms with Crippen molar-refractivity contribution < 1.29 is 14.3 Å². The van der Waals surface area contributed by atoms with Crippen molar-refractivity contribution >= 4 is 16.7 Å². The smallest absolute Gasteiger partial charge is 0.165 e. The van der Waals surface area contributed by atoms with Crippen molar-refractivity contribution in [2.75, 3.05) is 19.8 Å². The molecule has 0 radical (unpaired) electrons. The first-order chi connectivity index (χ1) is 11.2. The van der Waals surface area contributed by atoms with Crippen molar-refractivity contribution in [2.24, 2.45) is 0 Å². The molecule has 2 saturated heterocycles. The van der Waals surface area contributed by atoms with Gasteiger partial charge in [-0.15, -0.1) is 0 Å². The lowest BCUT2D eigenvalue weighted by atomic mass is 9.87. The van der Waals surface area contributed by atoms with Crippen LogP contribution in [0.3, 0.4) is 0 Å². The monoisotopic (exact) mass is 314 g/mol. The number of hydrogen-bond donors (Lipinski definition) is 0. The second-order valence-corrected chi connectivity index (χ2v) is 6.54. The predicted molar refractivity (Wildman–Crippen MR) is 86.5 cm³/mol. The van der Waals surface area contributed by atoms with Gasteiger partial charge >= 0.3 is 0 Å². The molecule has 2 atom stereocenters. The molecule has 23 heavy (non-hydrogen) atoms. The van der Waals surface area contributed by atoms with Crippen molar-refractivity contribution in [1.82, 2.24) is 9.78 Å². The van der Waals surface area contributed by atoms with Crippen LogP contribution in [0.4, 0.5) is 0 Å². The number of ketones is 1. The molecule has 1 aromatic heterocycles. The number of rotatable bonds is 2. The van der Waals surface area contributed by atoms with Gasteiger partial charge in [0, 0.05) is 24.5 Å². The van der Waals surface area contributed by atoms with Gasteiger partial charge in [0.2, 0.25) is 0 Å². The maximum Gasteiger partial charge on any atom is 0.165 e. The van der Waals surface area contributed by atoms with Gasteiger partial charge in [-0.25, -0.2) is 4.68 Å². The number of ether oxygens (including phenoxy) is 2. The van der Waals surface area contributed by atoms with E-state index in [0.717, 1.165) is 47.9 Å². The predicted octanol–water partition coefficient (Wildman–Crippen LogP) is 3.12. The normalized spacial score (nSPS) is 25.9. The second kappa shape index (κ2) is 6.06. The Morgan fingerprint density at radius 2 is 2.13 bits per heavy atom. The summed E-state index contributed by atoms with van der Waals surface area (Å²) in [5.41, 5.74) is 3.34. The van der Waals surface area contributed by atoms with E-state index in [0.29, 0.717) is 6.61 Å². The van der Waals surface area contributed by atoms with Crippen LogP contribution in [-0.2, 0) is 14.3 Å². The number of carbonyl (C=O) groups excluding carboxylic acids is 1. The fourth-order valence-corrected chi connectivity index (χ4v) is 3.71. The van der Waals surface area contributed by atoms with Gasteiger partial charge in [0.05, 0.1) is 11.7 Å². The number of aromatic nitrogens is 2. The number of nitrogens with zero attached hydrogens (tertiary/aromatic N) is 2. The van der Waals surface area contributed by atoms with Crippen LogP contribution < -0.4 is 0 Å². The molecule has 5 heteroatoms. The minimum atomic E-state index is -0.0521. The Kier molecular flexibility index (Phi) is 3.91. The van der Waals surface area contributed by atoms with Gasteiger partial charge in [0.15, 0.2) is 12.0 Å². The number of fused-ring (bicyclic) bond motifs is 1. The molecule has 0 N–H and O–H groups in total. The molecule has 3 heterocycles. The van der Waals surface area contributed by atoms with E-state index >= 15 is 0 Å². The molecule has 4 rings (SSSR count). The Labute approximate surface area is 135 Å². The quantitative estimate of drug-likeness (QED) is 0.854. The molecular weight excluding hydrogens is 292 g/mol. The zero-order valence-corrected chi connectivity index (χ0v) is 13.5. The van der Waals surface area contributed by atoms with E-state index in [1.165, 1.54) is 6.42 Å². The molecule has 5 nitrogen and oxygen atoms in total. The molecule has 0 aliphatic carbocycles. The molecule has 2 fully saturated rings. The van der Waals surface area contributed by atoms with Gasteiger partial charge < -0.3 is 9.47 Å². The van der Waals surface area contributed by atoms with Gasteiger partial charge in [-0.05, 0) is 55.9 Å². The Bertz CT molecular complexity index is 731. The average molecular weight is 314 g/mol. The number of carbonyl (C=O) groups is 1. The summed E-state index contributed by atoms with van der Waals surface area (Å²) < 4.78 is 13.1. The molecule has 2 unspecified atom stereocenters. The van der Waals surface area contributed by atoms with Crippen molar-refractivity contribution in [3.63, 3.8) is 0 Å². The zero-order chi connectivity index (χ0) is 15.8. The van der Waals surface area contributed by atoms with E-state index in [2.05, 4.69) is 24.2 Å². The van der Waals surface area contributed by atoms with E-state index in [1.54, 1.807) is 0 Å². The van der Waals surface area contributed by atoms with E-state index in [1.807, 2.05) is 10.9 Å². The van der Waals surface area contributed by atoms with Crippen LogP contribution in [0.15, 0.2) is 18.3 Å². The fourth-order valence-electron chi connectivity index (χ4n) is 3.71. The van der Waals surface area contributed by atoms with Crippen molar-refractivity contribution in [1.29, 1.82) is 0 Å². The minimum Gasteiger partial charge on any atom is -0.374 e. The van der Waals surface area contributed by atoms with Crippen molar-refractivity contribution in [3.8, 4) is 0 Å². The molecule has 1 aromatic carbocycles.